The molecule has 6 aliphatic carbocycles. The van der Waals surface area contributed by atoms with E-state index in [9.17, 15) is 0 Å². The van der Waals surface area contributed by atoms with Crippen LogP contribution in [0.4, 0.5) is 22.7 Å². The third kappa shape index (κ3) is 7.86. The maximum atomic E-state index is 2.54. The highest BCUT2D eigenvalue weighted by atomic mass is 15.2. The zero-order chi connectivity index (χ0) is 50.1. The van der Waals surface area contributed by atoms with Crippen molar-refractivity contribution in [1.82, 2.24) is 0 Å². The fraction of sp³-hybridized carbons (Fsp3) is 0.135. The predicted molar refractivity (Wildman–Crippen MR) is 324 cm³/mol. The number of hydrogen-bond acceptors (Lipinski definition) is 2. The van der Waals surface area contributed by atoms with E-state index in [1.54, 1.807) is 0 Å². The van der Waals surface area contributed by atoms with Crippen LogP contribution < -0.4 is 9.80 Å². The normalized spacial score (nSPS) is 18.2. The van der Waals surface area contributed by atoms with Crippen LogP contribution in [0.2, 0.25) is 0 Å². The molecule has 0 N–H and O–H groups in total. The largest absolute Gasteiger partial charge is 0.311 e. The van der Waals surface area contributed by atoms with Gasteiger partial charge in [0, 0.05) is 40.1 Å². The van der Waals surface area contributed by atoms with Crippen LogP contribution in [0.15, 0.2) is 253 Å². The fourth-order valence-electron chi connectivity index (χ4n) is 13.3. The molecule has 15 rings (SSSR count). The summed E-state index contributed by atoms with van der Waals surface area (Å²) in [5.41, 5.74) is 20.4. The van der Waals surface area contributed by atoms with Crippen molar-refractivity contribution in [2.75, 3.05) is 9.80 Å². The second kappa shape index (κ2) is 18.6. The standard InChI is InChI=1S/C74H58N2/c1-7-19-55-41-61(27-25-49(55)13-1)73-69-39-37-68(76(65-35-31-53-17-5-11-23-59(53)45-65)66-36-32-54-18-6-12-24-60(54)46-66)48-72(69)74(62-28-26-50-14-2-8-20-56(50)42-62)70-40-38-67(47-71(70)73)75(63-33-29-51-15-3-9-21-57(51)43-63)64-34-30-52-16-4-10-22-58(52)44-64/h1-5,7,9,11-17,19,21,23-28,30-31,33-48,51,54H,6,8,10,18,20,22,29,32H2. The number of fused-ring (bicyclic) bond motifs is 8. The highest BCUT2D eigenvalue weighted by Crippen LogP contribution is 2.50. The van der Waals surface area contributed by atoms with Crippen LogP contribution in [0.5, 0.6) is 0 Å². The molecule has 2 heteroatoms. The van der Waals surface area contributed by atoms with Gasteiger partial charge < -0.3 is 9.80 Å². The molecular formula is C74H58N2. The lowest BCUT2D eigenvalue weighted by atomic mass is 9.82. The second-order valence-electron chi connectivity index (χ2n) is 21.7. The van der Waals surface area contributed by atoms with E-state index in [0.29, 0.717) is 11.8 Å². The summed E-state index contributed by atoms with van der Waals surface area (Å²) in [6.07, 6.45) is 41.5. The average molecular weight is 975 g/mol. The van der Waals surface area contributed by atoms with Gasteiger partial charge in [-0.15, -0.1) is 0 Å². The maximum Gasteiger partial charge on any atom is 0.0468 e. The van der Waals surface area contributed by atoms with Gasteiger partial charge in [0.2, 0.25) is 0 Å². The van der Waals surface area contributed by atoms with Crippen LogP contribution in [-0.4, -0.2) is 0 Å². The van der Waals surface area contributed by atoms with E-state index in [4.69, 9.17) is 0 Å². The first-order valence-corrected chi connectivity index (χ1v) is 27.7. The minimum Gasteiger partial charge on any atom is -0.311 e. The molecule has 0 heterocycles. The van der Waals surface area contributed by atoms with E-state index in [0.717, 1.165) is 62.0 Å². The monoisotopic (exact) mass is 974 g/mol. The van der Waals surface area contributed by atoms with Crippen LogP contribution in [0.3, 0.4) is 0 Å². The van der Waals surface area contributed by atoms with Gasteiger partial charge in [0.25, 0.3) is 0 Å². The van der Waals surface area contributed by atoms with E-state index in [-0.39, 0.29) is 0 Å². The molecule has 0 saturated heterocycles. The first kappa shape index (κ1) is 44.7. The summed E-state index contributed by atoms with van der Waals surface area (Å²) in [7, 11) is 0. The molecular weight excluding hydrogens is 917 g/mol. The minimum atomic E-state index is 0.399. The molecule has 2 nitrogen and oxygen atoms in total. The Labute approximate surface area is 446 Å². The van der Waals surface area contributed by atoms with Gasteiger partial charge in [-0.3, -0.25) is 0 Å². The fourth-order valence-corrected chi connectivity index (χ4v) is 13.3. The Balaban J connectivity index is 1.01. The number of aryl methyl sites for hydroxylation is 2. The van der Waals surface area contributed by atoms with Gasteiger partial charge in [0.05, 0.1) is 0 Å². The lowest BCUT2D eigenvalue weighted by molar-refractivity contribution is 0.562. The SMILES string of the molecule is C1=CC2=CC(N(c3ccc4c(c3)CCC=C4)c3ccc4c(-c5ccc6c(c5)CCC=C6)c5cc(N(C6=CCC7CCC=CC7=C6)c6ccc7ccccc7c6)ccc5c(-c5ccc6ccccc6c5)c4c3)=CCC2C=C1. The zero-order valence-electron chi connectivity index (χ0n) is 42.8. The van der Waals surface area contributed by atoms with Gasteiger partial charge in [-0.1, -0.05) is 176 Å². The van der Waals surface area contributed by atoms with Crippen molar-refractivity contribution >= 4 is 78.0 Å². The smallest absolute Gasteiger partial charge is 0.0468 e. The van der Waals surface area contributed by atoms with Crippen molar-refractivity contribution < 1.29 is 0 Å². The van der Waals surface area contributed by atoms with Crippen molar-refractivity contribution in [3.63, 3.8) is 0 Å². The molecule has 0 saturated carbocycles. The van der Waals surface area contributed by atoms with Crippen molar-refractivity contribution in [3.8, 4) is 22.3 Å². The van der Waals surface area contributed by atoms with E-state index in [1.807, 2.05) is 0 Å². The Morgan fingerprint density at radius 2 is 0.947 bits per heavy atom. The number of nitrogens with zero attached hydrogens (tertiary/aromatic N) is 2. The summed E-state index contributed by atoms with van der Waals surface area (Å²) in [5.74, 6) is 0.968. The van der Waals surface area contributed by atoms with Crippen LogP contribution in [0, 0.1) is 11.8 Å². The Morgan fingerprint density at radius 3 is 1.68 bits per heavy atom. The molecule has 2 atom stereocenters. The number of rotatable bonds is 8. The highest BCUT2D eigenvalue weighted by Gasteiger charge is 2.27. The lowest BCUT2D eigenvalue weighted by Crippen LogP contribution is -2.20. The predicted octanol–water partition coefficient (Wildman–Crippen LogP) is 20.0. The van der Waals surface area contributed by atoms with Gasteiger partial charge in [-0.05, 0) is 223 Å². The molecule has 0 radical (unpaired) electrons. The number of allylic oxidation sites excluding steroid dienone is 14. The van der Waals surface area contributed by atoms with E-state index in [2.05, 4.69) is 253 Å². The van der Waals surface area contributed by atoms with Crippen LogP contribution in [-0.2, 0) is 12.8 Å². The summed E-state index contributed by atoms with van der Waals surface area (Å²) in [6.45, 7) is 0. The Hall–Kier alpha value is -8.72. The molecule has 0 bridgehead atoms. The molecule has 364 valence electrons. The summed E-state index contributed by atoms with van der Waals surface area (Å²) in [4.78, 5) is 5.07. The van der Waals surface area contributed by atoms with Gasteiger partial charge in [-0.2, -0.15) is 0 Å². The minimum absolute atomic E-state index is 0.399. The topological polar surface area (TPSA) is 6.48 Å². The van der Waals surface area contributed by atoms with Gasteiger partial charge in [0.1, 0.15) is 0 Å². The molecule has 76 heavy (non-hydrogen) atoms. The first-order chi connectivity index (χ1) is 37.6. The van der Waals surface area contributed by atoms with E-state index in [1.165, 1.54) is 122 Å². The van der Waals surface area contributed by atoms with E-state index >= 15 is 0 Å². The van der Waals surface area contributed by atoms with Crippen LogP contribution in [0.1, 0.15) is 60.8 Å². The number of anilines is 4. The van der Waals surface area contributed by atoms with Gasteiger partial charge in [-0.25, -0.2) is 0 Å². The number of benzene rings is 9. The molecule has 6 aliphatic rings. The summed E-state index contributed by atoms with van der Waals surface area (Å²) in [5, 5.41) is 9.96. The molecule has 0 aromatic heterocycles. The summed E-state index contributed by atoms with van der Waals surface area (Å²) < 4.78 is 0. The molecule has 0 aliphatic heterocycles. The van der Waals surface area contributed by atoms with Crippen LogP contribution >= 0.6 is 0 Å². The first-order valence-electron chi connectivity index (χ1n) is 27.7. The third-order valence-electron chi connectivity index (χ3n) is 17.2. The van der Waals surface area contributed by atoms with Crippen molar-refractivity contribution in [2.24, 2.45) is 11.8 Å². The molecule has 2 unspecified atom stereocenters. The summed E-state index contributed by atoms with van der Waals surface area (Å²) >= 11 is 0. The Morgan fingerprint density at radius 1 is 0.395 bits per heavy atom. The van der Waals surface area contributed by atoms with Crippen molar-refractivity contribution in [1.29, 1.82) is 0 Å². The second-order valence-corrected chi connectivity index (χ2v) is 21.7. The Bertz CT molecular complexity index is 4200. The highest BCUT2D eigenvalue weighted by molar-refractivity contribution is 6.23. The van der Waals surface area contributed by atoms with Crippen LogP contribution in [0.25, 0.3) is 77.5 Å². The molecule has 0 spiro atoms. The molecule has 0 amide bonds. The average Bonchev–Trinajstić information content (AvgIpc) is 3.52. The zero-order valence-corrected chi connectivity index (χ0v) is 42.8. The summed E-state index contributed by atoms with van der Waals surface area (Å²) in [6, 6.07) is 60.8. The maximum absolute atomic E-state index is 2.54. The van der Waals surface area contributed by atoms with E-state index < -0.39 is 0 Å². The number of hydrogen-bond donors (Lipinski definition) is 0. The third-order valence-corrected chi connectivity index (χ3v) is 17.2. The van der Waals surface area contributed by atoms with Gasteiger partial charge >= 0.3 is 0 Å². The molecule has 0 fully saturated rings. The Kier molecular flexibility index (Phi) is 10.9. The lowest BCUT2D eigenvalue weighted by Gasteiger charge is -2.33. The van der Waals surface area contributed by atoms with Crippen molar-refractivity contribution in [2.45, 2.75) is 51.4 Å². The van der Waals surface area contributed by atoms with Crippen molar-refractivity contribution in [3.05, 3.63) is 275 Å². The quantitative estimate of drug-likeness (QED) is 0.140. The van der Waals surface area contributed by atoms with Gasteiger partial charge in [0.15, 0.2) is 0 Å². The molecule has 9 aromatic rings. The molecule has 9 aromatic carbocycles.